The van der Waals surface area contributed by atoms with Crippen molar-refractivity contribution in [2.24, 2.45) is 0 Å². The van der Waals surface area contributed by atoms with E-state index in [1.54, 1.807) is 37.3 Å². The summed E-state index contributed by atoms with van der Waals surface area (Å²) in [7, 11) is 3.14. The molecule has 2 aromatic carbocycles. The van der Waals surface area contributed by atoms with Crippen LogP contribution in [-0.4, -0.2) is 56.1 Å². The Kier molecular flexibility index (Phi) is 6.19. The Hall–Kier alpha value is -3.32. The SMILES string of the molecule is CCN(CC)CCN1C(=O)c2oc3cc(OC)ccc3c(=O)c2C1c1cccc(OC)c1. The van der Waals surface area contributed by atoms with Gasteiger partial charge >= 0.3 is 0 Å². The molecule has 4 rings (SSSR count). The number of hydrogen-bond acceptors (Lipinski definition) is 6. The lowest BCUT2D eigenvalue weighted by Gasteiger charge is -2.28. The second-order valence-electron chi connectivity index (χ2n) is 7.74. The van der Waals surface area contributed by atoms with Gasteiger partial charge in [-0.05, 0) is 42.9 Å². The zero-order valence-corrected chi connectivity index (χ0v) is 18.9. The minimum Gasteiger partial charge on any atom is -0.497 e. The molecular weight excluding hydrogens is 408 g/mol. The normalized spacial score (nSPS) is 15.5. The van der Waals surface area contributed by atoms with Crippen LogP contribution in [0.2, 0.25) is 0 Å². The van der Waals surface area contributed by atoms with Gasteiger partial charge in [0.1, 0.15) is 17.1 Å². The monoisotopic (exact) mass is 436 g/mol. The van der Waals surface area contributed by atoms with Crippen molar-refractivity contribution in [2.45, 2.75) is 19.9 Å². The first-order chi connectivity index (χ1) is 15.5. The number of likely N-dealkylation sites (N-methyl/N-ethyl adjacent to an activating group) is 1. The van der Waals surface area contributed by atoms with E-state index in [0.29, 0.717) is 41.1 Å². The third-order valence-corrected chi connectivity index (χ3v) is 6.14. The third kappa shape index (κ3) is 3.73. The Balaban J connectivity index is 1.88. The van der Waals surface area contributed by atoms with Crippen molar-refractivity contribution >= 4 is 16.9 Å². The average molecular weight is 437 g/mol. The van der Waals surface area contributed by atoms with Crippen LogP contribution in [0.5, 0.6) is 11.5 Å². The second-order valence-corrected chi connectivity index (χ2v) is 7.74. The molecule has 1 aromatic heterocycles. The lowest BCUT2D eigenvalue weighted by Crippen LogP contribution is -2.37. The van der Waals surface area contributed by atoms with E-state index in [1.807, 2.05) is 24.3 Å². The Morgan fingerprint density at radius 1 is 1.00 bits per heavy atom. The fourth-order valence-electron chi connectivity index (χ4n) is 4.30. The van der Waals surface area contributed by atoms with Crippen molar-refractivity contribution in [1.29, 1.82) is 0 Å². The van der Waals surface area contributed by atoms with Crippen molar-refractivity contribution < 1.29 is 18.7 Å². The van der Waals surface area contributed by atoms with E-state index in [4.69, 9.17) is 13.9 Å². The maximum Gasteiger partial charge on any atom is 0.290 e. The first kappa shape index (κ1) is 21.9. The number of ether oxygens (including phenoxy) is 2. The second kappa shape index (κ2) is 9.04. The predicted molar refractivity (Wildman–Crippen MR) is 123 cm³/mol. The molecule has 2 heterocycles. The smallest absolute Gasteiger partial charge is 0.290 e. The third-order valence-electron chi connectivity index (χ3n) is 6.14. The molecule has 0 radical (unpaired) electrons. The molecule has 0 spiro atoms. The standard InChI is InChI=1S/C25H28N2O5/c1-5-26(6-2)12-13-27-22(16-8-7-9-17(14-16)30-3)21-23(28)19-11-10-18(31-4)15-20(19)32-24(21)25(27)29/h7-11,14-15,22H,5-6,12-13H2,1-4H3. The molecule has 168 valence electrons. The first-order valence-electron chi connectivity index (χ1n) is 10.8. The number of fused-ring (bicyclic) bond motifs is 2. The summed E-state index contributed by atoms with van der Waals surface area (Å²) in [6, 6.07) is 12.0. The van der Waals surface area contributed by atoms with Crippen molar-refractivity contribution in [2.75, 3.05) is 40.4 Å². The fourth-order valence-corrected chi connectivity index (χ4v) is 4.30. The average Bonchev–Trinajstić information content (AvgIpc) is 3.11. The van der Waals surface area contributed by atoms with E-state index >= 15 is 0 Å². The highest BCUT2D eigenvalue weighted by atomic mass is 16.5. The molecule has 1 aliphatic heterocycles. The summed E-state index contributed by atoms with van der Waals surface area (Å²) in [5.41, 5.74) is 1.34. The van der Waals surface area contributed by atoms with Gasteiger partial charge in [-0.1, -0.05) is 26.0 Å². The van der Waals surface area contributed by atoms with Crippen molar-refractivity contribution in [3.8, 4) is 11.5 Å². The number of carbonyl (C=O) groups excluding carboxylic acids is 1. The van der Waals surface area contributed by atoms with E-state index in [0.717, 1.165) is 18.7 Å². The molecule has 7 nitrogen and oxygen atoms in total. The van der Waals surface area contributed by atoms with Crippen LogP contribution in [0.25, 0.3) is 11.0 Å². The largest absolute Gasteiger partial charge is 0.497 e. The Bertz CT molecular complexity index is 1200. The highest BCUT2D eigenvalue weighted by molar-refractivity contribution is 5.99. The molecule has 32 heavy (non-hydrogen) atoms. The van der Waals surface area contributed by atoms with Crippen LogP contribution in [0.3, 0.4) is 0 Å². The Morgan fingerprint density at radius 2 is 1.72 bits per heavy atom. The van der Waals surface area contributed by atoms with E-state index in [1.165, 1.54) is 0 Å². The van der Waals surface area contributed by atoms with Crippen LogP contribution in [0.1, 0.15) is 41.6 Å². The summed E-state index contributed by atoms with van der Waals surface area (Å²) in [6.45, 7) is 7.14. The maximum atomic E-state index is 13.6. The van der Waals surface area contributed by atoms with Crippen LogP contribution in [0, 0.1) is 0 Å². The van der Waals surface area contributed by atoms with Gasteiger partial charge in [0.25, 0.3) is 5.91 Å². The number of amides is 1. The molecule has 0 saturated heterocycles. The molecule has 0 N–H and O–H groups in total. The summed E-state index contributed by atoms with van der Waals surface area (Å²) in [6.07, 6.45) is 0. The van der Waals surface area contributed by atoms with Gasteiger partial charge in [0, 0.05) is 19.2 Å². The molecular formula is C25H28N2O5. The van der Waals surface area contributed by atoms with Gasteiger partial charge in [0.05, 0.1) is 31.2 Å². The molecule has 7 heteroatoms. The van der Waals surface area contributed by atoms with Gasteiger partial charge < -0.3 is 23.7 Å². The summed E-state index contributed by atoms with van der Waals surface area (Å²) in [5, 5.41) is 0.427. The van der Waals surface area contributed by atoms with Gasteiger partial charge in [-0.15, -0.1) is 0 Å². The molecule has 1 unspecified atom stereocenters. The highest BCUT2D eigenvalue weighted by Crippen LogP contribution is 2.39. The number of nitrogens with zero attached hydrogens (tertiary/aromatic N) is 2. The summed E-state index contributed by atoms with van der Waals surface area (Å²) in [5.74, 6) is 1.06. The highest BCUT2D eigenvalue weighted by Gasteiger charge is 2.42. The van der Waals surface area contributed by atoms with E-state index in [9.17, 15) is 9.59 Å². The molecule has 0 fully saturated rings. The van der Waals surface area contributed by atoms with E-state index in [-0.39, 0.29) is 17.1 Å². The molecule has 1 aliphatic rings. The fraction of sp³-hybridized carbons (Fsp3) is 0.360. The molecule has 0 saturated carbocycles. The van der Waals surface area contributed by atoms with Crippen LogP contribution < -0.4 is 14.9 Å². The van der Waals surface area contributed by atoms with Crippen LogP contribution in [0.15, 0.2) is 51.7 Å². The van der Waals surface area contributed by atoms with Gasteiger partial charge in [-0.3, -0.25) is 9.59 Å². The van der Waals surface area contributed by atoms with E-state index < -0.39 is 6.04 Å². The lowest BCUT2D eigenvalue weighted by atomic mass is 9.98. The quantitative estimate of drug-likeness (QED) is 0.536. The summed E-state index contributed by atoms with van der Waals surface area (Å²) < 4.78 is 16.7. The minimum atomic E-state index is -0.536. The topological polar surface area (TPSA) is 72.2 Å². The van der Waals surface area contributed by atoms with Gasteiger partial charge in [0.2, 0.25) is 5.76 Å². The molecule has 0 aliphatic carbocycles. The number of benzene rings is 2. The first-order valence-corrected chi connectivity index (χ1v) is 10.8. The zero-order valence-electron chi connectivity index (χ0n) is 18.9. The Morgan fingerprint density at radius 3 is 2.41 bits per heavy atom. The van der Waals surface area contributed by atoms with Crippen LogP contribution in [-0.2, 0) is 0 Å². The summed E-state index contributed by atoms with van der Waals surface area (Å²) in [4.78, 5) is 31.0. The molecule has 0 bridgehead atoms. The van der Waals surface area contributed by atoms with Crippen LogP contribution in [0.4, 0.5) is 0 Å². The lowest BCUT2D eigenvalue weighted by molar-refractivity contribution is 0.0708. The number of hydrogen-bond donors (Lipinski definition) is 0. The molecule has 3 aromatic rings. The number of rotatable bonds is 8. The van der Waals surface area contributed by atoms with Gasteiger partial charge in [0.15, 0.2) is 5.43 Å². The van der Waals surface area contributed by atoms with Crippen molar-refractivity contribution in [3.63, 3.8) is 0 Å². The van der Waals surface area contributed by atoms with E-state index in [2.05, 4.69) is 18.7 Å². The van der Waals surface area contributed by atoms with Crippen LogP contribution >= 0.6 is 0 Å². The van der Waals surface area contributed by atoms with Gasteiger partial charge in [-0.25, -0.2) is 0 Å². The van der Waals surface area contributed by atoms with Crippen molar-refractivity contribution in [3.05, 3.63) is 69.6 Å². The summed E-state index contributed by atoms with van der Waals surface area (Å²) >= 11 is 0. The minimum absolute atomic E-state index is 0.100. The molecule has 1 atom stereocenters. The zero-order chi connectivity index (χ0) is 22.8. The number of methoxy groups -OCH3 is 2. The Labute approximate surface area is 187 Å². The van der Waals surface area contributed by atoms with Crippen molar-refractivity contribution in [1.82, 2.24) is 9.80 Å². The predicted octanol–water partition coefficient (Wildman–Crippen LogP) is 3.70. The van der Waals surface area contributed by atoms with Gasteiger partial charge in [-0.2, -0.15) is 0 Å². The number of carbonyl (C=O) groups is 1. The molecule has 1 amide bonds. The maximum absolute atomic E-state index is 13.6.